The maximum absolute atomic E-state index is 13.3. The first-order valence-electron chi connectivity index (χ1n) is 12.4. The molecule has 0 bridgehead atoms. The Balaban J connectivity index is 1.41. The van der Waals surface area contributed by atoms with Crippen LogP contribution in [0.1, 0.15) is 51.6 Å². The van der Waals surface area contributed by atoms with Crippen molar-refractivity contribution in [1.29, 1.82) is 0 Å². The monoisotopic (exact) mass is 525 g/mol. The lowest BCUT2D eigenvalue weighted by molar-refractivity contribution is 0.0697. The third kappa shape index (κ3) is 4.21. The summed E-state index contributed by atoms with van der Waals surface area (Å²) in [7, 11) is 0. The fourth-order valence-electron chi connectivity index (χ4n) is 5.03. The van der Waals surface area contributed by atoms with Crippen LogP contribution >= 0.6 is 11.6 Å². The number of halogens is 1. The molecular formula is C31H24ClNO5. The first-order chi connectivity index (χ1) is 18.3. The van der Waals surface area contributed by atoms with Gasteiger partial charge in [-0.25, -0.2) is 4.79 Å². The summed E-state index contributed by atoms with van der Waals surface area (Å²) in [6, 6.07) is 17.6. The van der Waals surface area contributed by atoms with Gasteiger partial charge in [-0.05, 0) is 91.1 Å². The molecular weight excluding hydrogens is 502 g/mol. The molecule has 1 heterocycles. The van der Waals surface area contributed by atoms with Crippen molar-refractivity contribution in [1.82, 2.24) is 5.16 Å². The van der Waals surface area contributed by atoms with E-state index >= 15 is 0 Å². The van der Waals surface area contributed by atoms with E-state index in [0.717, 1.165) is 46.2 Å². The van der Waals surface area contributed by atoms with Gasteiger partial charge in [-0.3, -0.25) is 4.79 Å². The van der Waals surface area contributed by atoms with Crippen LogP contribution in [0.4, 0.5) is 0 Å². The lowest BCUT2D eigenvalue weighted by Gasteiger charge is -2.11. The van der Waals surface area contributed by atoms with E-state index in [9.17, 15) is 14.7 Å². The van der Waals surface area contributed by atoms with Crippen LogP contribution in [0.5, 0.6) is 5.75 Å². The Bertz CT molecular complexity index is 1800. The van der Waals surface area contributed by atoms with Gasteiger partial charge in [-0.1, -0.05) is 35.0 Å². The van der Waals surface area contributed by atoms with Gasteiger partial charge in [0.2, 0.25) is 0 Å². The Morgan fingerprint density at radius 3 is 2.55 bits per heavy atom. The van der Waals surface area contributed by atoms with Crippen molar-refractivity contribution in [2.24, 2.45) is 0 Å². The number of aryl methyl sites for hydroxylation is 2. The largest absolute Gasteiger partial charge is 0.489 e. The zero-order valence-corrected chi connectivity index (χ0v) is 21.6. The van der Waals surface area contributed by atoms with Gasteiger partial charge in [-0.2, -0.15) is 0 Å². The number of carbonyl (C=O) groups is 1. The van der Waals surface area contributed by atoms with Gasteiger partial charge in [0.1, 0.15) is 23.8 Å². The van der Waals surface area contributed by atoms with Crippen LogP contribution in [0, 0.1) is 13.8 Å². The number of rotatable bonds is 6. The van der Waals surface area contributed by atoms with Crippen LogP contribution < -0.4 is 10.2 Å². The second-order valence-corrected chi connectivity index (χ2v) is 10.2. The van der Waals surface area contributed by atoms with Crippen LogP contribution in [0.25, 0.3) is 32.8 Å². The van der Waals surface area contributed by atoms with Gasteiger partial charge < -0.3 is 14.4 Å². The van der Waals surface area contributed by atoms with Crippen molar-refractivity contribution in [3.05, 3.63) is 104 Å². The topological polar surface area (TPSA) is 89.6 Å². The Morgan fingerprint density at radius 1 is 1.03 bits per heavy atom. The first-order valence-corrected chi connectivity index (χ1v) is 12.8. The third-order valence-electron chi connectivity index (χ3n) is 7.18. The highest BCUT2D eigenvalue weighted by molar-refractivity contribution is 6.33. The fraction of sp³-hybridized carbons (Fsp3) is 0.194. The van der Waals surface area contributed by atoms with E-state index in [1.165, 1.54) is 12.1 Å². The Morgan fingerprint density at radius 2 is 1.82 bits per heavy atom. The number of nitrogens with zero attached hydrogens (tertiary/aromatic N) is 1. The minimum atomic E-state index is -1.03. The number of hydrogen-bond acceptors (Lipinski definition) is 5. The summed E-state index contributed by atoms with van der Waals surface area (Å²) in [5, 5.41) is 16.7. The molecule has 0 unspecified atom stereocenters. The number of carboxylic acid groups (broad SMARTS) is 1. The number of hydrogen-bond donors (Lipinski definition) is 1. The van der Waals surface area contributed by atoms with E-state index in [0.29, 0.717) is 38.5 Å². The average Bonchev–Trinajstić information content (AvgIpc) is 3.67. The summed E-state index contributed by atoms with van der Waals surface area (Å²) in [4.78, 5) is 24.8. The molecule has 1 aliphatic carbocycles. The molecule has 0 spiro atoms. The van der Waals surface area contributed by atoms with E-state index < -0.39 is 5.97 Å². The Kier molecular flexibility index (Phi) is 5.92. The molecule has 190 valence electrons. The summed E-state index contributed by atoms with van der Waals surface area (Å²) in [6.07, 6.45) is 2.11. The molecule has 6 rings (SSSR count). The van der Waals surface area contributed by atoms with Crippen LogP contribution in [0.15, 0.2) is 70.0 Å². The van der Waals surface area contributed by atoms with Crippen molar-refractivity contribution in [3.8, 4) is 17.0 Å². The highest BCUT2D eigenvalue weighted by Gasteiger charge is 2.33. The quantitative estimate of drug-likeness (QED) is 0.248. The Hall–Kier alpha value is -4.16. The second-order valence-electron chi connectivity index (χ2n) is 9.84. The summed E-state index contributed by atoms with van der Waals surface area (Å²) in [5.74, 6) is 0.743. The molecule has 1 saturated carbocycles. The summed E-state index contributed by atoms with van der Waals surface area (Å²) >= 11 is 6.55. The van der Waals surface area contributed by atoms with E-state index in [-0.39, 0.29) is 17.6 Å². The molecule has 7 heteroatoms. The predicted octanol–water partition coefficient (Wildman–Crippen LogP) is 7.43. The number of aromatic nitrogens is 1. The van der Waals surface area contributed by atoms with E-state index in [1.54, 1.807) is 18.2 Å². The van der Waals surface area contributed by atoms with Gasteiger partial charge in [0.15, 0.2) is 5.43 Å². The summed E-state index contributed by atoms with van der Waals surface area (Å²) < 4.78 is 12.1. The molecule has 0 aliphatic heterocycles. The standard InChI is InChI=1S/C31H24ClNO5/c1-16-4-3-5-26(32)27(16)28-25(30(38-33-28)18-6-7-18)15-37-21-9-11-23-24(14-21)17(2)12-20-13-19(31(35)36)8-10-22(20)29(23)34/h3-5,8-14,18H,6-7,15H2,1-2H3,(H,35,36). The molecule has 1 aromatic heterocycles. The van der Waals surface area contributed by atoms with Gasteiger partial charge in [0, 0.05) is 22.3 Å². The number of fused-ring (bicyclic) bond motifs is 2. The SMILES string of the molecule is Cc1cccc(Cl)c1-c1noc(C2CC2)c1COc1ccc2c(=O)c3ccc(C(=O)O)cc3cc(C)c2c1. The van der Waals surface area contributed by atoms with E-state index in [4.69, 9.17) is 20.9 Å². The molecule has 0 saturated heterocycles. The van der Waals surface area contributed by atoms with Crippen molar-refractivity contribution < 1.29 is 19.2 Å². The molecule has 4 aromatic carbocycles. The molecule has 0 atom stereocenters. The van der Waals surface area contributed by atoms with Crippen molar-refractivity contribution in [2.75, 3.05) is 0 Å². The van der Waals surface area contributed by atoms with Crippen LogP contribution in [0.2, 0.25) is 5.02 Å². The molecule has 1 aliphatic rings. The molecule has 1 fully saturated rings. The van der Waals surface area contributed by atoms with Gasteiger partial charge in [0.25, 0.3) is 0 Å². The number of benzene rings is 3. The fourth-order valence-corrected chi connectivity index (χ4v) is 5.34. The zero-order valence-electron chi connectivity index (χ0n) is 20.9. The highest BCUT2D eigenvalue weighted by atomic mass is 35.5. The summed E-state index contributed by atoms with van der Waals surface area (Å²) in [6.45, 7) is 4.14. The van der Waals surface area contributed by atoms with Crippen molar-refractivity contribution >= 4 is 39.1 Å². The zero-order chi connectivity index (χ0) is 26.6. The second kappa shape index (κ2) is 9.30. The van der Waals surface area contributed by atoms with E-state index in [1.807, 2.05) is 44.2 Å². The Labute approximate surface area is 223 Å². The smallest absolute Gasteiger partial charge is 0.335 e. The number of carboxylic acids is 1. The minimum Gasteiger partial charge on any atom is -0.489 e. The number of aromatic carboxylic acids is 1. The molecule has 5 aromatic rings. The van der Waals surface area contributed by atoms with Crippen molar-refractivity contribution in [3.63, 3.8) is 0 Å². The molecule has 38 heavy (non-hydrogen) atoms. The molecule has 6 nitrogen and oxygen atoms in total. The van der Waals surface area contributed by atoms with Gasteiger partial charge >= 0.3 is 5.97 Å². The predicted molar refractivity (Wildman–Crippen MR) is 147 cm³/mol. The third-order valence-corrected chi connectivity index (χ3v) is 7.50. The van der Waals surface area contributed by atoms with Gasteiger partial charge in [-0.15, -0.1) is 0 Å². The first kappa shape index (κ1) is 24.2. The maximum atomic E-state index is 13.3. The van der Waals surface area contributed by atoms with E-state index in [2.05, 4.69) is 5.16 Å². The van der Waals surface area contributed by atoms with Crippen LogP contribution in [0.3, 0.4) is 0 Å². The molecule has 0 amide bonds. The minimum absolute atomic E-state index is 0.139. The van der Waals surface area contributed by atoms with Gasteiger partial charge in [0.05, 0.1) is 16.1 Å². The normalized spacial score (nSPS) is 13.2. The van der Waals surface area contributed by atoms with Crippen LogP contribution in [-0.2, 0) is 6.61 Å². The van der Waals surface area contributed by atoms with Crippen LogP contribution in [-0.4, -0.2) is 16.2 Å². The lowest BCUT2D eigenvalue weighted by atomic mass is 10.0. The molecule has 1 N–H and O–H groups in total. The average molecular weight is 526 g/mol. The lowest BCUT2D eigenvalue weighted by Crippen LogP contribution is -2.02. The molecule has 0 radical (unpaired) electrons. The maximum Gasteiger partial charge on any atom is 0.335 e. The summed E-state index contributed by atoms with van der Waals surface area (Å²) in [5.41, 5.74) is 4.25. The number of ether oxygens (including phenoxy) is 1. The van der Waals surface area contributed by atoms with Crippen molar-refractivity contribution in [2.45, 2.75) is 39.2 Å². The highest BCUT2D eigenvalue weighted by Crippen LogP contribution is 2.45.